The maximum Gasteiger partial charge on any atom is 0.151 e. The minimum Gasteiger partial charge on any atom is -0.371 e. The molecule has 1 aromatic carbocycles. The van der Waals surface area contributed by atoms with E-state index in [0.717, 1.165) is 5.56 Å². The molecule has 0 aromatic heterocycles. The van der Waals surface area contributed by atoms with Crippen LogP contribution in [-0.4, -0.2) is 51.1 Å². The SMILES string of the molecule is CCCS(=O)(=O)CCN1CCOC(c2ccc(F)cc2Cl)C1. The second-order valence-electron chi connectivity index (χ2n) is 5.48. The van der Waals surface area contributed by atoms with Gasteiger partial charge < -0.3 is 4.74 Å². The molecule has 1 aromatic rings. The van der Waals surface area contributed by atoms with Crippen molar-refractivity contribution in [2.45, 2.75) is 19.4 Å². The van der Waals surface area contributed by atoms with Crippen LogP contribution in [0.5, 0.6) is 0 Å². The number of sulfone groups is 1. The summed E-state index contributed by atoms with van der Waals surface area (Å²) in [5, 5.41) is 0.338. The number of rotatable bonds is 6. The molecule has 0 spiro atoms. The van der Waals surface area contributed by atoms with Crippen molar-refractivity contribution in [3.8, 4) is 0 Å². The minimum atomic E-state index is -2.99. The Balaban J connectivity index is 1.97. The van der Waals surface area contributed by atoms with Gasteiger partial charge in [-0.25, -0.2) is 12.8 Å². The molecule has 22 heavy (non-hydrogen) atoms. The van der Waals surface area contributed by atoms with E-state index in [0.29, 0.717) is 37.7 Å². The van der Waals surface area contributed by atoms with Crippen LogP contribution in [0.2, 0.25) is 5.02 Å². The fourth-order valence-corrected chi connectivity index (χ4v) is 4.19. The Morgan fingerprint density at radius 3 is 2.86 bits per heavy atom. The zero-order valence-electron chi connectivity index (χ0n) is 12.6. The smallest absolute Gasteiger partial charge is 0.151 e. The van der Waals surface area contributed by atoms with Crippen molar-refractivity contribution in [1.29, 1.82) is 0 Å². The number of halogens is 2. The van der Waals surface area contributed by atoms with E-state index in [1.807, 2.05) is 6.92 Å². The first kappa shape index (κ1) is 17.7. The zero-order chi connectivity index (χ0) is 16.2. The summed E-state index contributed by atoms with van der Waals surface area (Å²) < 4.78 is 42.4. The summed E-state index contributed by atoms with van der Waals surface area (Å²) in [5.74, 6) is 0.00186. The van der Waals surface area contributed by atoms with Gasteiger partial charge in [-0.15, -0.1) is 0 Å². The van der Waals surface area contributed by atoms with Crippen LogP contribution in [0, 0.1) is 5.82 Å². The number of hydrogen-bond acceptors (Lipinski definition) is 4. The van der Waals surface area contributed by atoms with Gasteiger partial charge in [-0.2, -0.15) is 0 Å². The molecule has 1 unspecified atom stereocenters. The van der Waals surface area contributed by atoms with E-state index in [4.69, 9.17) is 16.3 Å². The number of ether oxygens (including phenoxy) is 1. The summed E-state index contributed by atoms with van der Waals surface area (Å²) in [7, 11) is -2.99. The van der Waals surface area contributed by atoms with Gasteiger partial charge in [0.1, 0.15) is 5.82 Å². The van der Waals surface area contributed by atoms with Crippen molar-refractivity contribution in [3.63, 3.8) is 0 Å². The van der Waals surface area contributed by atoms with Gasteiger partial charge in [0.2, 0.25) is 0 Å². The van der Waals surface area contributed by atoms with Crippen LogP contribution in [0.4, 0.5) is 4.39 Å². The third kappa shape index (κ3) is 4.91. The van der Waals surface area contributed by atoms with E-state index in [1.54, 1.807) is 6.07 Å². The molecule has 1 fully saturated rings. The highest BCUT2D eigenvalue weighted by molar-refractivity contribution is 7.91. The molecule has 4 nitrogen and oxygen atoms in total. The molecule has 0 radical (unpaired) electrons. The van der Waals surface area contributed by atoms with Gasteiger partial charge in [0.15, 0.2) is 9.84 Å². The lowest BCUT2D eigenvalue weighted by Crippen LogP contribution is -2.41. The molecule has 1 aliphatic heterocycles. The lowest BCUT2D eigenvalue weighted by molar-refractivity contribution is -0.0278. The van der Waals surface area contributed by atoms with Gasteiger partial charge in [-0.05, 0) is 18.6 Å². The van der Waals surface area contributed by atoms with E-state index in [-0.39, 0.29) is 23.4 Å². The first-order valence-electron chi connectivity index (χ1n) is 7.40. The molecular formula is C15H21ClFNO3S. The Hall–Kier alpha value is -0.690. The van der Waals surface area contributed by atoms with E-state index in [1.165, 1.54) is 12.1 Å². The Kier molecular flexibility index (Phi) is 6.20. The van der Waals surface area contributed by atoms with E-state index < -0.39 is 9.84 Å². The molecular weight excluding hydrogens is 329 g/mol. The highest BCUT2D eigenvalue weighted by atomic mass is 35.5. The molecule has 1 atom stereocenters. The summed E-state index contributed by atoms with van der Waals surface area (Å²) >= 11 is 6.07. The molecule has 2 rings (SSSR count). The summed E-state index contributed by atoms with van der Waals surface area (Å²) in [6.45, 7) is 4.11. The van der Waals surface area contributed by atoms with Crippen molar-refractivity contribution in [3.05, 3.63) is 34.6 Å². The summed E-state index contributed by atoms with van der Waals surface area (Å²) in [6, 6.07) is 4.25. The number of nitrogens with zero attached hydrogens (tertiary/aromatic N) is 1. The van der Waals surface area contributed by atoms with Crippen LogP contribution in [-0.2, 0) is 14.6 Å². The quantitative estimate of drug-likeness (QED) is 0.792. The maximum absolute atomic E-state index is 13.1. The van der Waals surface area contributed by atoms with Crippen molar-refractivity contribution < 1.29 is 17.5 Å². The summed E-state index contributed by atoms with van der Waals surface area (Å²) in [4.78, 5) is 2.06. The van der Waals surface area contributed by atoms with Crippen LogP contribution < -0.4 is 0 Å². The Morgan fingerprint density at radius 2 is 2.18 bits per heavy atom. The van der Waals surface area contributed by atoms with E-state index in [9.17, 15) is 12.8 Å². The molecule has 0 N–H and O–H groups in total. The van der Waals surface area contributed by atoms with Gasteiger partial charge in [-0.3, -0.25) is 4.90 Å². The lowest BCUT2D eigenvalue weighted by Gasteiger charge is -2.33. The second kappa shape index (κ2) is 7.73. The van der Waals surface area contributed by atoms with Crippen molar-refractivity contribution >= 4 is 21.4 Å². The van der Waals surface area contributed by atoms with Gasteiger partial charge in [0.05, 0.1) is 18.5 Å². The molecule has 1 aliphatic rings. The Morgan fingerprint density at radius 1 is 1.41 bits per heavy atom. The highest BCUT2D eigenvalue weighted by Gasteiger charge is 2.24. The maximum atomic E-state index is 13.1. The molecule has 0 aliphatic carbocycles. The predicted molar refractivity (Wildman–Crippen MR) is 85.5 cm³/mol. The summed E-state index contributed by atoms with van der Waals surface area (Å²) in [5.41, 5.74) is 0.740. The molecule has 0 saturated carbocycles. The molecule has 1 heterocycles. The number of hydrogen-bond donors (Lipinski definition) is 0. The molecule has 124 valence electrons. The topological polar surface area (TPSA) is 46.6 Å². The van der Waals surface area contributed by atoms with Crippen LogP contribution in [0.1, 0.15) is 25.0 Å². The van der Waals surface area contributed by atoms with Crippen LogP contribution >= 0.6 is 11.6 Å². The van der Waals surface area contributed by atoms with Gasteiger partial charge in [-0.1, -0.05) is 24.6 Å². The lowest BCUT2D eigenvalue weighted by atomic mass is 10.1. The van der Waals surface area contributed by atoms with Crippen LogP contribution in [0.15, 0.2) is 18.2 Å². The Bertz CT molecular complexity index is 609. The van der Waals surface area contributed by atoms with Crippen molar-refractivity contribution in [2.75, 3.05) is 37.7 Å². The van der Waals surface area contributed by atoms with E-state index >= 15 is 0 Å². The predicted octanol–water partition coefficient (Wildman–Crippen LogP) is 2.68. The normalized spacial score (nSPS) is 20.2. The first-order chi connectivity index (χ1) is 10.4. The van der Waals surface area contributed by atoms with Crippen LogP contribution in [0.25, 0.3) is 0 Å². The molecule has 7 heteroatoms. The second-order valence-corrected chi connectivity index (χ2v) is 8.19. The third-order valence-electron chi connectivity index (χ3n) is 3.69. The fraction of sp³-hybridized carbons (Fsp3) is 0.600. The van der Waals surface area contributed by atoms with Crippen molar-refractivity contribution in [2.24, 2.45) is 0 Å². The monoisotopic (exact) mass is 349 g/mol. The zero-order valence-corrected chi connectivity index (χ0v) is 14.2. The summed E-state index contributed by atoms with van der Waals surface area (Å²) in [6.07, 6.45) is 0.384. The Labute approximate surface area is 136 Å². The average molecular weight is 350 g/mol. The van der Waals surface area contributed by atoms with E-state index in [2.05, 4.69) is 4.90 Å². The van der Waals surface area contributed by atoms with Crippen molar-refractivity contribution in [1.82, 2.24) is 4.90 Å². The average Bonchev–Trinajstić information content (AvgIpc) is 2.45. The standard InChI is InChI=1S/C15H21ClFNO3S/c1-2-8-22(19,20)9-6-18-5-7-21-15(11-18)13-4-3-12(17)10-14(13)16/h3-4,10,15H,2,5-9,11H2,1H3. The van der Waals surface area contributed by atoms with Crippen LogP contribution in [0.3, 0.4) is 0 Å². The third-order valence-corrected chi connectivity index (χ3v) is 5.86. The largest absolute Gasteiger partial charge is 0.371 e. The molecule has 1 saturated heterocycles. The first-order valence-corrected chi connectivity index (χ1v) is 9.60. The van der Waals surface area contributed by atoms with Gasteiger partial charge in [0.25, 0.3) is 0 Å². The minimum absolute atomic E-state index is 0.157. The molecule has 0 amide bonds. The number of benzene rings is 1. The fourth-order valence-electron chi connectivity index (χ4n) is 2.54. The molecule has 0 bridgehead atoms. The van der Waals surface area contributed by atoms with Gasteiger partial charge in [0, 0.05) is 36.0 Å². The van der Waals surface area contributed by atoms with Gasteiger partial charge >= 0.3 is 0 Å². The highest BCUT2D eigenvalue weighted by Crippen LogP contribution is 2.29. The number of morpholine rings is 1.